The topological polar surface area (TPSA) is 41.6 Å². The van der Waals surface area contributed by atoms with E-state index in [1.165, 1.54) is 0 Å². The first-order chi connectivity index (χ1) is 6.35. The van der Waals surface area contributed by atoms with Gasteiger partial charge in [0.25, 0.3) is 0 Å². The van der Waals surface area contributed by atoms with Crippen molar-refractivity contribution >= 4 is 22.8 Å². The molecule has 1 N–H and O–H groups in total. The van der Waals surface area contributed by atoms with Crippen molar-refractivity contribution in [3.63, 3.8) is 0 Å². The molecule has 2 aromatic heterocycles. The monoisotopic (exact) mass is 193 g/mol. The van der Waals surface area contributed by atoms with E-state index in [9.17, 15) is 0 Å². The van der Waals surface area contributed by atoms with Crippen molar-refractivity contribution in [3.05, 3.63) is 18.1 Å². The molecule has 2 aromatic rings. The Hall–Kier alpha value is -1.03. The van der Waals surface area contributed by atoms with E-state index in [-0.39, 0.29) is 0 Å². The van der Waals surface area contributed by atoms with Gasteiger partial charge in [-0.2, -0.15) is 0 Å². The number of nitrogens with zero attached hydrogens (tertiary/aromatic N) is 2. The Morgan fingerprint density at radius 2 is 2.31 bits per heavy atom. The van der Waals surface area contributed by atoms with Crippen molar-refractivity contribution in [3.8, 4) is 0 Å². The van der Waals surface area contributed by atoms with E-state index in [1.807, 2.05) is 18.5 Å². The lowest BCUT2D eigenvalue weighted by Gasteiger charge is -2.00. The average Bonchev–Trinajstić information content (AvgIpc) is 2.63. The van der Waals surface area contributed by atoms with Crippen LogP contribution in [0.25, 0.3) is 11.0 Å². The molecule has 0 saturated heterocycles. The largest absolute Gasteiger partial charge is 0.346 e. The summed E-state index contributed by atoms with van der Waals surface area (Å²) in [4.78, 5) is 11.9. The van der Waals surface area contributed by atoms with Crippen LogP contribution < -0.4 is 0 Å². The molecule has 68 valence electrons. The van der Waals surface area contributed by atoms with Crippen molar-refractivity contribution in [2.45, 2.75) is 18.4 Å². The fourth-order valence-electron chi connectivity index (χ4n) is 1.27. The molecule has 2 rings (SSSR count). The van der Waals surface area contributed by atoms with E-state index in [0.717, 1.165) is 28.3 Å². The van der Waals surface area contributed by atoms with Gasteiger partial charge in [0, 0.05) is 12.6 Å². The zero-order valence-corrected chi connectivity index (χ0v) is 8.48. The summed E-state index contributed by atoms with van der Waals surface area (Å²) < 4.78 is 0. The SMILES string of the molecule is CCc1nc(SC)c2cc[nH]c2n1. The predicted molar refractivity (Wildman–Crippen MR) is 55.0 cm³/mol. The van der Waals surface area contributed by atoms with E-state index in [4.69, 9.17) is 0 Å². The first-order valence-corrected chi connectivity index (χ1v) is 5.45. The smallest absolute Gasteiger partial charge is 0.142 e. The van der Waals surface area contributed by atoms with Gasteiger partial charge in [0.1, 0.15) is 16.5 Å². The van der Waals surface area contributed by atoms with E-state index < -0.39 is 0 Å². The van der Waals surface area contributed by atoms with Gasteiger partial charge in [-0.15, -0.1) is 11.8 Å². The number of rotatable bonds is 2. The number of hydrogen-bond acceptors (Lipinski definition) is 3. The van der Waals surface area contributed by atoms with Crippen LogP contribution in [-0.2, 0) is 6.42 Å². The van der Waals surface area contributed by atoms with E-state index in [2.05, 4.69) is 21.9 Å². The van der Waals surface area contributed by atoms with Gasteiger partial charge >= 0.3 is 0 Å². The average molecular weight is 193 g/mol. The number of aromatic amines is 1. The molecule has 0 amide bonds. The summed E-state index contributed by atoms with van der Waals surface area (Å²) >= 11 is 1.66. The molecule has 0 aliphatic heterocycles. The molecule has 0 bridgehead atoms. The normalized spacial score (nSPS) is 10.9. The van der Waals surface area contributed by atoms with Crippen LogP contribution in [0.1, 0.15) is 12.7 Å². The molecule has 13 heavy (non-hydrogen) atoms. The van der Waals surface area contributed by atoms with Crippen LogP contribution in [0.3, 0.4) is 0 Å². The quantitative estimate of drug-likeness (QED) is 0.587. The van der Waals surface area contributed by atoms with Gasteiger partial charge in [-0.05, 0) is 12.3 Å². The van der Waals surface area contributed by atoms with Crippen LogP contribution in [0, 0.1) is 0 Å². The van der Waals surface area contributed by atoms with Gasteiger partial charge in [-0.25, -0.2) is 9.97 Å². The predicted octanol–water partition coefficient (Wildman–Crippen LogP) is 2.24. The molecule has 0 unspecified atom stereocenters. The van der Waals surface area contributed by atoms with E-state index in [1.54, 1.807) is 11.8 Å². The summed E-state index contributed by atoms with van der Waals surface area (Å²) in [5, 5.41) is 2.17. The van der Waals surface area contributed by atoms with Gasteiger partial charge in [0.05, 0.1) is 5.39 Å². The highest BCUT2D eigenvalue weighted by molar-refractivity contribution is 7.98. The number of aryl methyl sites for hydroxylation is 1. The van der Waals surface area contributed by atoms with Crippen LogP contribution in [0.4, 0.5) is 0 Å². The summed E-state index contributed by atoms with van der Waals surface area (Å²) in [6.45, 7) is 2.06. The van der Waals surface area contributed by atoms with Crippen LogP contribution in [0.15, 0.2) is 17.3 Å². The molecule has 0 spiro atoms. The maximum absolute atomic E-state index is 4.44. The molecule has 0 saturated carbocycles. The minimum absolute atomic E-state index is 0.878. The maximum atomic E-state index is 4.44. The Labute approximate surface area is 81.0 Å². The standard InChI is InChI=1S/C9H11N3S/c1-3-7-11-8-6(4-5-10-8)9(12-7)13-2/h4-5H,3H2,1-2H3,(H,10,11,12). The lowest BCUT2D eigenvalue weighted by molar-refractivity contribution is 0.914. The van der Waals surface area contributed by atoms with Crippen molar-refractivity contribution in [2.75, 3.05) is 6.26 Å². The third-order valence-corrected chi connectivity index (χ3v) is 2.63. The Bertz CT molecular complexity index is 422. The Kier molecular flexibility index (Phi) is 2.22. The molecule has 0 atom stereocenters. The van der Waals surface area contributed by atoms with Crippen molar-refractivity contribution in [1.82, 2.24) is 15.0 Å². The highest BCUT2D eigenvalue weighted by Gasteiger charge is 2.05. The second-order valence-electron chi connectivity index (χ2n) is 2.74. The minimum atomic E-state index is 0.878. The Morgan fingerprint density at radius 1 is 1.46 bits per heavy atom. The second kappa shape index (κ2) is 3.38. The highest BCUT2D eigenvalue weighted by atomic mass is 32.2. The number of thioether (sulfide) groups is 1. The first kappa shape index (κ1) is 8.56. The summed E-state index contributed by atoms with van der Waals surface area (Å²) in [5.41, 5.74) is 0.941. The lowest BCUT2D eigenvalue weighted by Crippen LogP contribution is -1.94. The zero-order valence-electron chi connectivity index (χ0n) is 7.66. The second-order valence-corrected chi connectivity index (χ2v) is 3.54. The molecule has 0 aliphatic carbocycles. The molecular formula is C9H11N3S. The van der Waals surface area contributed by atoms with Gasteiger partial charge in [0.2, 0.25) is 0 Å². The fourth-order valence-corrected chi connectivity index (χ4v) is 1.85. The fraction of sp³-hybridized carbons (Fsp3) is 0.333. The molecule has 0 aromatic carbocycles. The summed E-state index contributed by atoms with van der Waals surface area (Å²) in [6, 6.07) is 2.01. The van der Waals surface area contributed by atoms with Crippen LogP contribution in [0.2, 0.25) is 0 Å². The van der Waals surface area contributed by atoms with Crippen LogP contribution >= 0.6 is 11.8 Å². The number of H-pyrrole nitrogens is 1. The maximum Gasteiger partial charge on any atom is 0.142 e. The number of aromatic nitrogens is 3. The van der Waals surface area contributed by atoms with E-state index in [0.29, 0.717) is 0 Å². The first-order valence-electron chi connectivity index (χ1n) is 4.23. The van der Waals surface area contributed by atoms with Gasteiger partial charge in [0.15, 0.2) is 0 Å². The molecule has 0 fully saturated rings. The third-order valence-electron chi connectivity index (χ3n) is 1.94. The van der Waals surface area contributed by atoms with Crippen molar-refractivity contribution in [2.24, 2.45) is 0 Å². The lowest BCUT2D eigenvalue weighted by atomic mass is 10.4. The molecule has 2 heterocycles. The summed E-state index contributed by atoms with van der Waals surface area (Å²) in [5.74, 6) is 0.902. The van der Waals surface area contributed by atoms with Crippen LogP contribution in [0.5, 0.6) is 0 Å². The number of hydrogen-bond donors (Lipinski definition) is 1. The Morgan fingerprint density at radius 3 is 3.00 bits per heavy atom. The summed E-state index contributed by atoms with van der Waals surface area (Å²) in [7, 11) is 0. The third kappa shape index (κ3) is 1.42. The van der Waals surface area contributed by atoms with Gasteiger partial charge in [-0.1, -0.05) is 6.92 Å². The molecule has 0 radical (unpaired) electrons. The molecule has 0 aliphatic rings. The Balaban J connectivity index is 2.70. The molecule has 3 nitrogen and oxygen atoms in total. The van der Waals surface area contributed by atoms with Gasteiger partial charge < -0.3 is 4.98 Å². The zero-order chi connectivity index (χ0) is 9.26. The summed E-state index contributed by atoms with van der Waals surface area (Å²) in [6.07, 6.45) is 4.81. The highest BCUT2D eigenvalue weighted by Crippen LogP contribution is 2.22. The van der Waals surface area contributed by atoms with Crippen molar-refractivity contribution in [1.29, 1.82) is 0 Å². The van der Waals surface area contributed by atoms with Crippen molar-refractivity contribution < 1.29 is 0 Å². The van der Waals surface area contributed by atoms with Crippen LogP contribution in [-0.4, -0.2) is 21.2 Å². The van der Waals surface area contributed by atoms with Gasteiger partial charge in [-0.3, -0.25) is 0 Å². The number of nitrogens with one attached hydrogen (secondary N) is 1. The van der Waals surface area contributed by atoms with E-state index >= 15 is 0 Å². The number of fused-ring (bicyclic) bond motifs is 1. The minimum Gasteiger partial charge on any atom is -0.346 e. The molecule has 4 heteroatoms. The molecular weight excluding hydrogens is 182 g/mol.